The fourth-order valence-electron chi connectivity index (χ4n) is 3.01. The van der Waals surface area contributed by atoms with Crippen molar-refractivity contribution in [2.75, 3.05) is 19.6 Å². The van der Waals surface area contributed by atoms with Gasteiger partial charge in [0.25, 0.3) is 0 Å². The molecule has 0 unspecified atom stereocenters. The second-order valence-corrected chi connectivity index (χ2v) is 6.08. The summed E-state index contributed by atoms with van der Waals surface area (Å²) in [6.07, 6.45) is 7.36. The van der Waals surface area contributed by atoms with Crippen LogP contribution in [0.25, 0.3) is 0 Å². The summed E-state index contributed by atoms with van der Waals surface area (Å²) in [5.74, 6) is 1.78. The van der Waals surface area contributed by atoms with Crippen LogP contribution >= 0.6 is 0 Å². The molecule has 1 saturated carbocycles. The minimum atomic E-state index is 0.755. The molecule has 1 aliphatic carbocycles. The van der Waals surface area contributed by atoms with E-state index in [0.29, 0.717) is 0 Å². The maximum Gasteiger partial charge on any atom is 0.117 e. The Morgan fingerprint density at radius 2 is 2.16 bits per heavy atom. The van der Waals surface area contributed by atoms with Gasteiger partial charge in [-0.25, -0.2) is 0 Å². The van der Waals surface area contributed by atoms with Crippen molar-refractivity contribution in [3.8, 4) is 0 Å². The molecule has 1 heterocycles. The summed E-state index contributed by atoms with van der Waals surface area (Å²) in [7, 11) is 0. The van der Waals surface area contributed by atoms with Crippen LogP contribution in [-0.2, 0) is 6.54 Å². The summed E-state index contributed by atoms with van der Waals surface area (Å²) in [5.41, 5.74) is 0. The molecule has 0 spiro atoms. The van der Waals surface area contributed by atoms with Gasteiger partial charge in [0, 0.05) is 25.7 Å². The van der Waals surface area contributed by atoms with Gasteiger partial charge >= 0.3 is 0 Å². The van der Waals surface area contributed by atoms with Crippen molar-refractivity contribution in [2.45, 2.75) is 52.1 Å². The Morgan fingerprint density at radius 1 is 1.37 bits per heavy atom. The first kappa shape index (κ1) is 14.6. The summed E-state index contributed by atoms with van der Waals surface area (Å²) >= 11 is 0. The molecule has 1 aromatic heterocycles. The highest BCUT2D eigenvalue weighted by Gasteiger charge is 2.22. The first-order valence-corrected chi connectivity index (χ1v) is 7.73. The lowest BCUT2D eigenvalue weighted by molar-refractivity contribution is 0.177. The molecule has 1 fully saturated rings. The molecule has 0 saturated heterocycles. The Morgan fingerprint density at radius 3 is 2.79 bits per heavy atom. The molecule has 19 heavy (non-hydrogen) atoms. The van der Waals surface area contributed by atoms with Crippen molar-refractivity contribution >= 4 is 0 Å². The Bertz CT molecular complexity index is 329. The molecular weight excluding hydrogens is 236 g/mol. The zero-order valence-electron chi connectivity index (χ0n) is 12.4. The maximum atomic E-state index is 5.33. The molecule has 0 radical (unpaired) electrons. The van der Waals surface area contributed by atoms with Crippen molar-refractivity contribution in [1.82, 2.24) is 10.2 Å². The van der Waals surface area contributed by atoms with Gasteiger partial charge in [-0.05, 0) is 30.9 Å². The number of hydrogen-bond acceptors (Lipinski definition) is 3. The van der Waals surface area contributed by atoms with Crippen LogP contribution in [0.1, 0.15) is 45.3 Å². The Labute approximate surface area is 117 Å². The van der Waals surface area contributed by atoms with Crippen molar-refractivity contribution < 1.29 is 4.42 Å². The molecule has 3 heteroatoms. The molecule has 0 atom stereocenters. The van der Waals surface area contributed by atoms with E-state index in [9.17, 15) is 0 Å². The average molecular weight is 264 g/mol. The smallest absolute Gasteiger partial charge is 0.117 e. The summed E-state index contributed by atoms with van der Waals surface area (Å²) in [6, 6.07) is 4.80. The Hall–Kier alpha value is -0.800. The molecule has 0 aliphatic heterocycles. The molecule has 2 rings (SSSR count). The van der Waals surface area contributed by atoms with Gasteiger partial charge in [0.15, 0.2) is 0 Å². The molecule has 0 bridgehead atoms. The summed E-state index contributed by atoms with van der Waals surface area (Å²) in [5, 5.41) is 3.48. The Balaban J connectivity index is 1.69. The molecule has 1 N–H and O–H groups in total. The van der Waals surface area contributed by atoms with Crippen LogP contribution in [0.2, 0.25) is 0 Å². The predicted molar refractivity (Wildman–Crippen MR) is 79.1 cm³/mol. The lowest BCUT2D eigenvalue weighted by Crippen LogP contribution is -2.40. The third-order valence-electron chi connectivity index (χ3n) is 3.90. The average Bonchev–Trinajstić information content (AvgIpc) is 3.04. The first-order valence-electron chi connectivity index (χ1n) is 7.73. The van der Waals surface area contributed by atoms with Crippen LogP contribution in [0.3, 0.4) is 0 Å². The van der Waals surface area contributed by atoms with E-state index in [0.717, 1.165) is 37.4 Å². The normalized spacial score (nSPS) is 16.8. The molecule has 1 aromatic rings. The van der Waals surface area contributed by atoms with Crippen LogP contribution in [0.15, 0.2) is 22.8 Å². The Kier molecular flexibility index (Phi) is 5.93. The lowest BCUT2D eigenvalue weighted by atomic mass is 10.1. The van der Waals surface area contributed by atoms with Crippen LogP contribution in [0, 0.1) is 5.92 Å². The van der Waals surface area contributed by atoms with Crippen LogP contribution < -0.4 is 5.32 Å². The van der Waals surface area contributed by atoms with E-state index >= 15 is 0 Å². The topological polar surface area (TPSA) is 28.4 Å². The number of nitrogens with zero attached hydrogens (tertiary/aromatic N) is 1. The summed E-state index contributed by atoms with van der Waals surface area (Å²) < 4.78 is 5.33. The van der Waals surface area contributed by atoms with Gasteiger partial charge in [0.1, 0.15) is 5.76 Å². The number of rotatable bonds is 8. The highest BCUT2D eigenvalue weighted by atomic mass is 16.3. The van der Waals surface area contributed by atoms with Crippen LogP contribution in [-0.4, -0.2) is 30.6 Å². The molecule has 0 amide bonds. The van der Waals surface area contributed by atoms with E-state index in [1.807, 2.05) is 12.1 Å². The van der Waals surface area contributed by atoms with Crippen molar-refractivity contribution in [3.63, 3.8) is 0 Å². The molecular formula is C16H28N2O. The van der Waals surface area contributed by atoms with Gasteiger partial charge < -0.3 is 9.73 Å². The van der Waals surface area contributed by atoms with Gasteiger partial charge in [0.05, 0.1) is 12.8 Å². The second-order valence-electron chi connectivity index (χ2n) is 6.08. The fourth-order valence-corrected chi connectivity index (χ4v) is 3.01. The number of hydrogen-bond donors (Lipinski definition) is 1. The first-order chi connectivity index (χ1) is 9.25. The van der Waals surface area contributed by atoms with E-state index < -0.39 is 0 Å². The zero-order valence-corrected chi connectivity index (χ0v) is 12.4. The van der Waals surface area contributed by atoms with Crippen molar-refractivity contribution in [3.05, 3.63) is 24.2 Å². The zero-order chi connectivity index (χ0) is 13.5. The SMILES string of the molecule is CC(C)CN(CCNCc1ccco1)C1CCCC1. The van der Waals surface area contributed by atoms with Gasteiger partial charge in [-0.2, -0.15) is 0 Å². The maximum absolute atomic E-state index is 5.33. The monoisotopic (exact) mass is 264 g/mol. The van der Waals surface area contributed by atoms with E-state index in [4.69, 9.17) is 4.42 Å². The molecule has 3 nitrogen and oxygen atoms in total. The lowest BCUT2D eigenvalue weighted by Gasteiger charge is -2.30. The van der Waals surface area contributed by atoms with Crippen molar-refractivity contribution in [1.29, 1.82) is 0 Å². The number of furan rings is 1. The highest BCUT2D eigenvalue weighted by Crippen LogP contribution is 2.23. The second kappa shape index (κ2) is 7.71. The summed E-state index contributed by atoms with van der Waals surface area (Å²) in [6.45, 7) is 8.91. The van der Waals surface area contributed by atoms with Crippen LogP contribution in [0.4, 0.5) is 0 Å². The third-order valence-corrected chi connectivity index (χ3v) is 3.90. The van der Waals surface area contributed by atoms with Crippen LogP contribution in [0.5, 0.6) is 0 Å². The van der Waals surface area contributed by atoms with E-state index in [1.165, 1.54) is 32.2 Å². The standard InChI is InChI=1S/C16H28N2O/c1-14(2)13-18(15-6-3-4-7-15)10-9-17-12-16-8-5-11-19-16/h5,8,11,14-15,17H,3-4,6-7,9-10,12-13H2,1-2H3. The summed E-state index contributed by atoms with van der Waals surface area (Å²) in [4.78, 5) is 2.69. The van der Waals surface area contributed by atoms with Gasteiger partial charge in [-0.1, -0.05) is 26.7 Å². The molecule has 1 aliphatic rings. The fraction of sp³-hybridized carbons (Fsp3) is 0.750. The van der Waals surface area contributed by atoms with Gasteiger partial charge in [-0.3, -0.25) is 4.90 Å². The quantitative estimate of drug-likeness (QED) is 0.731. The largest absolute Gasteiger partial charge is 0.468 e. The number of nitrogens with one attached hydrogen (secondary N) is 1. The molecule has 108 valence electrons. The van der Waals surface area contributed by atoms with Gasteiger partial charge in [0.2, 0.25) is 0 Å². The highest BCUT2D eigenvalue weighted by molar-refractivity contribution is 4.97. The predicted octanol–water partition coefficient (Wildman–Crippen LogP) is 3.27. The van der Waals surface area contributed by atoms with Crippen molar-refractivity contribution in [2.24, 2.45) is 5.92 Å². The minimum Gasteiger partial charge on any atom is -0.468 e. The van der Waals surface area contributed by atoms with E-state index in [-0.39, 0.29) is 0 Å². The minimum absolute atomic E-state index is 0.755. The van der Waals surface area contributed by atoms with E-state index in [2.05, 4.69) is 24.1 Å². The van der Waals surface area contributed by atoms with E-state index in [1.54, 1.807) is 6.26 Å². The van der Waals surface area contributed by atoms with Gasteiger partial charge in [-0.15, -0.1) is 0 Å². The third kappa shape index (κ3) is 5.00. The molecule has 0 aromatic carbocycles.